The van der Waals surface area contributed by atoms with E-state index in [1.165, 1.54) is 0 Å². The summed E-state index contributed by atoms with van der Waals surface area (Å²) >= 11 is 0. The Kier molecular flexibility index (Phi) is 25.2. The average Bonchev–Trinajstić information content (AvgIpc) is 2.35. The Morgan fingerprint density at radius 1 is 0.423 bits per heavy atom. The van der Waals surface area contributed by atoms with Gasteiger partial charge in [0.15, 0.2) is 0 Å². The molecule has 166 valence electrons. The maximum atomic E-state index is 4.48. The van der Waals surface area contributed by atoms with Crippen LogP contribution < -0.4 is 0 Å². The standard InChI is InChI=1S/2C9H21N3.2Cu/c2*1-7(2)10-9(12(5)6)11-8(3)4;;/h2*7-9H,1-6H3;;/q2*-2;2*+2. The Labute approximate surface area is 185 Å². The zero-order chi connectivity index (χ0) is 19.4. The van der Waals surface area contributed by atoms with Gasteiger partial charge < -0.3 is 31.1 Å². The molecule has 0 aromatic carbocycles. The van der Waals surface area contributed by atoms with Crippen molar-refractivity contribution in [3.8, 4) is 0 Å². The van der Waals surface area contributed by atoms with Crippen LogP contribution in [0, 0.1) is 0 Å². The number of rotatable bonds is 10. The van der Waals surface area contributed by atoms with Crippen LogP contribution in [0.5, 0.6) is 0 Å². The summed E-state index contributed by atoms with van der Waals surface area (Å²) in [6.07, 6.45) is 0.0370. The first kappa shape index (κ1) is 34.3. The maximum absolute atomic E-state index is 4.48. The third kappa shape index (κ3) is 22.8. The third-order valence-electron chi connectivity index (χ3n) is 2.65. The van der Waals surface area contributed by atoms with Crippen LogP contribution in [0.3, 0.4) is 0 Å². The second kappa shape index (κ2) is 19.1. The van der Waals surface area contributed by atoms with Gasteiger partial charge in [-0.2, -0.15) is 12.6 Å². The largest absolute Gasteiger partial charge is 2.00 e. The van der Waals surface area contributed by atoms with E-state index in [1.54, 1.807) is 0 Å². The number of hydrogen-bond donors (Lipinski definition) is 0. The SMILES string of the molecule is CC(C)[N-]C([N-]C(C)C)N(C)C.CC(C)[N-]C([N-]C(C)C)N(C)C.[Cu+2].[Cu+2]. The van der Waals surface area contributed by atoms with Crippen molar-refractivity contribution in [2.24, 2.45) is 0 Å². The summed E-state index contributed by atoms with van der Waals surface area (Å²) in [7, 11) is 8.01. The van der Waals surface area contributed by atoms with E-state index in [1.807, 2.05) is 38.0 Å². The van der Waals surface area contributed by atoms with Crippen molar-refractivity contribution in [1.29, 1.82) is 0 Å². The third-order valence-corrected chi connectivity index (χ3v) is 2.65. The van der Waals surface area contributed by atoms with Crippen molar-refractivity contribution in [2.45, 2.75) is 92.1 Å². The number of nitrogens with zero attached hydrogens (tertiary/aromatic N) is 6. The van der Waals surface area contributed by atoms with Gasteiger partial charge in [-0.1, -0.05) is 55.4 Å². The van der Waals surface area contributed by atoms with Gasteiger partial charge in [0.2, 0.25) is 0 Å². The van der Waals surface area contributed by atoms with Gasteiger partial charge in [0.25, 0.3) is 0 Å². The molecule has 0 aliphatic carbocycles. The Balaban J connectivity index is -0.000000173. The average molecular weight is 470 g/mol. The van der Waals surface area contributed by atoms with Crippen molar-refractivity contribution in [1.82, 2.24) is 9.80 Å². The summed E-state index contributed by atoms with van der Waals surface area (Å²) in [5, 5.41) is 17.9. The van der Waals surface area contributed by atoms with Crippen molar-refractivity contribution >= 4 is 0 Å². The molecule has 0 spiro atoms. The molecule has 0 unspecified atom stereocenters. The van der Waals surface area contributed by atoms with Crippen LogP contribution in [-0.4, -0.2) is 74.7 Å². The Hall–Kier alpha value is 0.799. The van der Waals surface area contributed by atoms with Crippen LogP contribution >= 0.6 is 0 Å². The Morgan fingerprint density at radius 3 is 0.654 bits per heavy atom. The van der Waals surface area contributed by atoms with Gasteiger partial charge in [-0.3, -0.25) is 0 Å². The summed E-state index contributed by atoms with van der Waals surface area (Å²) in [5.74, 6) is 0. The van der Waals surface area contributed by atoms with Crippen LogP contribution in [-0.2, 0) is 34.1 Å². The molecule has 0 saturated heterocycles. The van der Waals surface area contributed by atoms with E-state index < -0.39 is 0 Å². The summed E-state index contributed by atoms with van der Waals surface area (Å²) in [6, 6.07) is 1.39. The smallest absolute Gasteiger partial charge is 0.663 e. The first-order valence-electron chi connectivity index (χ1n) is 8.99. The molecule has 26 heavy (non-hydrogen) atoms. The van der Waals surface area contributed by atoms with Gasteiger partial charge in [0, 0.05) is 0 Å². The van der Waals surface area contributed by atoms with Crippen molar-refractivity contribution in [3.05, 3.63) is 21.3 Å². The zero-order valence-corrected chi connectivity index (χ0v) is 20.6. The fourth-order valence-electron chi connectivity index (χ4n) is 1.68. The van der Waals surface area contributed by atoms with Crippen LogP contribution in [0.25, 0.3) is 21.3 Å². The van der Waals surface area contributed by atoms with Crippen molar-refractivity contribution < 1.29 is 34.1 Å². The summed E-state index contributed by atoms with van der Waals surface area (Å²) < 4.78 is 0. The summed E-state index contributed by atoms with van der Waals surface area (Å²) in [4.78, 5) is 4.06. The van der Waals surface area contributed by atoms with Crippen LogP contribution in [0.4, 0.5) is 0 Å². The molecule has 0 N–H and O–H groups in total. The van der Waals surface area contributed by atoms with Crippen molar-refractivity contribution in [3.63, 3.8) is 0 Å². The van der Waals surface area contributed by atoms with Crippen LogP contribution in [0.2, 0.25) is 0 Å². The fraction of sp³-hybridized carbons (Fsp3) is 1.00. The molecule has 0 aliphatic rings. The topological polar surface area (TPSA) is 62.9 Å². The molecule has 2 radical (unpaired) electrons. The Morgan fingerprint density at radius 2 is 0.577 bits per heavy atom. The molecule has 0 bridgehead atoms. The van der Waals surface area contributed by atoms with E-state index in [-0.39, 0.29) is 46.7 Å². The minimum atomic E-state index is 0. The van der Waals surface area contributed by atoms with Crippen LogP contribution in [0.15, 0.2) is 0 Å². The second-order valence-electron chi connectivity index (χ2n) is 7.59. The Bertz CT molecular complexity index is 239. The monoisotopic (exact) mass is 468 g/mol. The molecule has 0 amide bonds. The summed E-state index contributed by atoms with van der Waals surface area (Å²) in [6.45, 7) is 16.6. The van der Waals surface area contributed by atoms with E-state index >= 15 is 0 Å². The van der Waals surface area contributed by atoms with E-state index in [4.69, 9.17) is 0 Å². The first-order valence-corrected chi connectivity index (χ1v) is 8.99. The van der Waals surface area contributed by atoms with E-state index in [0.717, 1.165) is 0 Å². The zero-order valence-electron chi connectivity index (χ0n) is 18.8. The van der Waals surface area contributed by atoms with Crippen LogP contribution in [0.1, 0.15) is 55.4 Å². The maximum Gasteiger partial charge on any atom is 2.00 e. The van der Waals surface area contributed by atoms with Gasteiger partial charge in [0.05, 0.1) is 0 Å². The quantitative estimate of drug-likeness (QED) is 0.432. The molecule has 0 aliphatic heterocycles. The molecule has 0 rings (SSSR count). The molecular weight excluding hydrogens is 427 g/mol. The molecule has 0 aromatic heterocycles. The summed E-state index contributed by atoms with van der Waals surface area (Å²) in [5.41, 5.74) is 0. The molecule has 0 saturated carbocycles. The molecular formula is C18H42Cu2N6. The van der Waals surface area contributed by atoms with E-state index in [9.17, 15) is 0 Å². The van der Waals surface area contributed by atoms with Gasteiger partial charge in [0.1, 0.15) is 0 Å². The molecule has 0 aromatic rings. The molecule has 8 heteroatoms. The predicted octanol–water partition coefficient (Wildman–Crippen LogP) is 4.79. The predicted molar refractivity (Wildman–Crippen MR) is 109 cm³/mol. The molecule has 6 nitrogen and oxygen atoms in total. The van der Waals surface area contributed by atoms with Crippen molar-refractivity contribution in [2.75, 3.05) is 28.2 Å². The van der Waals surface area contributed by atoms with Gasteiger partial charge in [-0.05, 0) is 28.2 Å². The minimum Gasteiger partial charge on any atom is -0.663 e. The van der Waals surface area contributed by atoms with Gasteiger partial charge >= 0.3 is 34.1 Å². The fourth-order valence-corrected chi connectivity index (χ4v) is 1.68. The van der Waals surface area contributed by atoms with E-state index in [2.05, 4.69) is 76.7 Å². The minimum absolute atomic E-state index is 0. The molecule has 0 heterocycles. The molecule has 0 atom stereocenters. The van der Waals surface area contributed by atoms with Gasteiger partial charge in [-0.15, -0.1) is 24.2 Å². The molecule has 0 fully saturated rings. The van der Waals surface area contributed by atoms with E-state index in [0.29, 0.717) is 24.2 Å². The second-order valence-corrected chi connectivity index (χ2v) is 7.59. The first-order chi connectivity index (χ1) is 10.9. The normalized spacial score (nSPS) is 11.5. The number of hydrogen-bond acceptors (Lipinski definition) is 2. The van der Waals surface area contributed by atoms with Gasteiger partial charge in [-0.25, -0.2) is 0 Å².